The van der Waals surface area contributed by atoms with Gasteiger partial charge in [-0.25, -0.2) is 0 Å². The molecule has 578 valence electrons. The van der Waals surface area contributed by atoms with Crippen molar-refractivity contribution in [3.63, 3.8) is 0 Å². The van der Waals surface area contributed by atoms with Crippen molar-refractivity contribution in [2.75, 3.05) is 19.8 Å². The van der Waals surface area contributed by atoms with Crippen molar-refractivity contribution >= 4 is 5.91 Å². The number of aliphatic hydroxyl groups is 8. The number of unbranched alkanes of at least 4 members (excludes halogenated alkanes) is 61. The molecule has 0 aromatic carbocycles. The molecule has 0 aromatic rings. The third-order valence-electron chi connectivity index (χ3n) is 21.6. The summed E-state index contributed by atoms with van der Waals surface area (Å²) in [6.07, 6.45) is 68.8. The van der Waals surface area contributed by atoms with Gasteiger partial charge in [0.15, 0.2) is 12.6 Å². The van der Waals surface area contributed by atoms with Gasteiger partial charge in [-0.2, -0.15) is 0 Å². The van der Waals surface area contributed by atoms with Crippen LogP contribution >= 0.6 is 0 Å². The predicted molar refractivity (Wildman–Crippen MR) is 402 cm³/mol. The van der Waals surface area contributed by atoms with E-state index >= 15 is 0 Å². The van der Waals surface area contributed by atoms with Crippen molar-refractivity contribution < 1.29 is 64.6 Å². The molecule has 0 aliphatic carbocycles. The lowest BCUT2D eigenvalue weighted by molar-refractivity contribution is -0.359. The van der Waals surface area contributed by atoms with Crippen LogP contribution < -0.4 is 5.32 Å². The smallest absolute Gasteiger partial charge is 0.220 e. The third kappa shape index (κ3) is 50.9. The molecule has 14 nitrogen and oxygen atoms in total. The minimum absolute atomic E-state index is 0.194. The van der Waals surface area contributed by atoms with Gasteiger partial charge < -0.3 is 65.1 Å². The van der Waals surface area contributed by atoms with Crippen LogP contribution in [0.3, 0.4) is 0 Å². The maximum absolute atomic E-state index is 13.4. The fourth-order valence-corrected chi connectivity index (χ4v) is 14.8. The first kappa shape index (κ1) is 92.1. The minimum Gasteiger partial charge on any atom is -0.394 e. The highest BCUT2D eigenvalue weighted by Crippen LogP contribution is 2.31. The van der Waals surface area contributed by atoms with Crippen LogP contribution in [0.25, 0.3) is 0 Å². The van der Waals surface area contributed by atoms with E-state index in [9.17, 15) is 45.6 Å². The highest BCUT2D eigenvalue weighted by atomic mass is 16.7. The Morgan fingerprint density at radius 3 is 0.876 bits per heavy atom. The summed E-state index contributed by atoms with van der Waals surface area (Å²) in [5, 5.41) is 88.0. The highest BCUT2D eigenvalue weighted by Gasteiger charge is 2.51. The Balaban J connectivity index is 1.57. The molecule has 2 aliphatic heterocycles. The van der Waals surface area contributed by atoms with Gasteiger partial charge in [0, 0.05) is 6.42 Å². The van der Waals surface area contributed by atoms with E-state index in [-0.39, 0.29) is 12.5 Å². The maximum atomic E-state index is 13.4. The average Bonchev–Trinajstić information content (AvgIpc) is 0.793. The molecule has 9 N–H and O–H groups in total. The van der Waals surface area contributed by atoms with Gasteiger partial charge in [-0.3, -0.25) is 4.79 Å². The van der Waals surface area contributed by atoms with Crippen LogP contribution in [0.15, 0.2) is 0 Å². The lowest BCUT2D eigenvalue weighted by atomic mass is 9.97. The van der Waals surface area contributed by atoms with Gasteiger partial charge >= 0.3 is 0 Å². The van der Waals surface area contributed by atoms with E-state index in [2.05, 4.69) is 19.2 Å². The highest BCUT2D eigenvalue weighted by molar-refractivity contribution is 5.76. The third-order valence-corrected chi connectivity index (χ3v) is 21.6. The number of hydrogen-bond donors (Lipinski definition) is 9. The molecule has 0 saturated carbocycles. The standard InChI is InChI=1S/C83H163NO13/c1-3-5-7-9-11-13-15-17-19-21-23-25-27-29-31-33-35-37-38-40-42-44-46-48-50-52-54-56-58-60-62-64-66-72(87)71(70-94-82-80(93)78(91)81(74(69-86)96-82)97-83-79(92)77(90)76(89)73(68-85)95-83)84-75(88)67-65-63-61-59-57-55-53-51-49-47-45-43-41-39-36-34-32-30-28-26-24-22-20-18-16-14-12-10-8-6-4-2/h71-74,76-83,85-87,89-93H,3-70H2,1-2H3,(H,84,88). The number of aliphatic hydroxyl groups excluding tert-OH is 8. The Labute approximate surface area is 597 Å². The summed E-state index contributed by atoms with van der Waals surface area (Å²) >= 11 is 0. The number of hydrogen-bond acceptors (Lipinski definition) is 13. The summed E-state index contributed by atoms with van der Waals surface area (Å²) in [5.41, 5.74) is 0. The monoisotopic (exact) mass is 1380 g/mol. The normalized spacial score (nSPS) is 22.0. The molecular formula is C83H163NO13. The molecule has 12 atom stereocenters. The van der Waals surface area contributed by atoms with Gasteiger partial charge in [0.2, 0.25) is 5.91 Å². The lowest BCUT2D eigenvalue weighted by Gasteiger charge is -2.46. The molecule has 2 saturated heterocycles. The van der Waals surface area contributed by atoms with E-state index in [1.807, 2.05) is 0 Å². The van der Waals surface area contributed by atoms with Crippen molar-refractivity contribution in [2.45, 2.75) is 505 Å². The maximum Gasteiger partial charge on any atom is 0.220 e. The van der Waals surface area contributed by atoms with Crippen LogP contribution in [-0.2, 0) is 23.7 Å². The van der Waals surface area contributed by atoms with E-state index in [4.69, 9.17) is 18.9 Å². The zero-order valence-corrected chi connectivity index (χ0v) is 63.6. The molecule has 14 heteroatoms. The van der Waals surface area contributed by atoms with E-state index in [0.29, 0.717) is 12.8 Å². The second-order valence-electron chi connectivity index (χ2n) is 30.7. The van der Waals surface area contributed by atoms with Crippen molar-refractivity contribution in [3.05, 3.63) is 0 Å². The lowest BCUT2D eigenvalue weighted by Crippen LogP contribution is -2.65. The molecule has 0 spiro atoms. The number of amides is 1. The van der Waals surface area contributed by atoms with E-state index in [0.717, 1.165) is 51.4 Å². The van der Waals surface area contributed by atoms with Gasteiger partial charge in [0.05, 0.1) is 32.0 Å². The first-order chi connectivity index (χ1) is 47.6. The van der Waals surface area contributed by atoms with Crippen molar-refractivity contribution in [1.82, 2.24) is 5.32 Å². The van der Waals surface area contributed by atoms with E-state index < -0.39 is 86.8 Å². The zero-order chi connectivity index (χ0) is 70.1. The van der Waals surface area contributed by atoms with Crippen LogP contribution in [0.5, 0.6) is 0 Å². The molecule has 0 radical (unpaired) electrons. The number of ether oxygens (including phenoxy) is 4. The fraction of sp³-hybridized carbons (Fsp3) is 0.988. The molecule has 2 heterocycles. The predicted octanol–water partition coefficient (Wildman–Crippen LogP) is 19.9. The Hall–Kier alpha value is -1.01. The molecule has 0 aromatic heterocycles. The van der Waals surface area contributed by atoms with E-state index in [1.165, 1.54) is 353 Å². The minimum atomic E-state index is -1.78. The topological polar surface area (TPSA) is 228 Å². The van der Waals surface area contributed by atoms with Crippen molar-refractivity contribution in [3.8, 4) is 0 Å². The number of carbonyl (C=O) groups is 1. The average molecular weight is 1380 g/mol. The SMILES string of the molecule is CCCCCCCCCCCCCCCCCCCCCCCCCCCCCCCCCCC(O)C(COC1OC(CO)C(OC2OC(CO)C(O)C(O)C2O)C(O)C1O)NC(=O)CCCCCCCCCCCCCCCCCCCCCCCCCCCCCCCCC. The summed E-state index contributed by atoms with van der Waals surface area (Å²) in [6.45, 7) is 2.96. The zero-order valence-electron chi connectivity index (χ0n) is 63.6. The van der Waals surface area contributed by atoms with Crippen LogP contribution in [0.2, 0.25) is 0 Å². The second kappa shape index (κ2) is 68.1. The Morgan fingerprint density at radius 1 is 0.330 bits per heavy atom. The summed E-state index contributed by atoms with van der Waals surface area (Å²) in [6, 6.07) is -0.826. The molecule has 97 heavy (non-hydrogen) atoms. The fourth-order valence-electron chi connectivity index (χ4n) is 14.8. The van der Waals surface area contributed by atoms with Gasteiger partial charge in [-0.05, 0) is 12.8 Å². The molecule has 1 amide bonds. The van der Waals surface area contributed by atoms with Gasteiger partial charge in [-0.15, -0.1) is 0 Å². The summed E-state index contributed by atoms with van der Waals surface area (Å²) in [4.78, 5) is 13.4. The summed E-state index contributed by atoms with van der Waals surface area (Å²) in [7, 11) is 0. The van der Waals surface area contributed by atoms with Gasteiger partial charge in [0.1, 0.15) is 48.8 Å². The molecule has 2 aliphatic rings. The Bertz CT molecular complexity index is 1630. The van der Waals surface area contributed by atoms with Crippen LogP contribution in [0, 0.1) is 0 Å². The first-order valence-corrected chi connectivity index (χ1v) is 42.8. The number of nitrogens with one attached hydrogen (secondary N) is 1. The number of rotatable bonds is 74. The quantitative estimate of drug-likeness (QED) is 0.0259. The molecule has 12 unspecified atom stereocenters. The number of carbonyl (C=O) groups excluding carboxylic acids is 1. The van der Waals surface area contributed by atoms with Gasteiger partial charge in [0.25, 0.3) is 0 Å². The van der Waals surface area contributed by atoms with Crippen LogP contribution in [-0.4, -0.2) is 140 Å². The second-order valence-corrected chi connectivity index (χ2v) is 30.7. The van der Waals surface area contributed by atoms with Crippen molar-refractivity contribution in [1.29, 1.82) is 0 Å². The Morgan fingerprint density at radius 2 is 0.588 bits per heavy atom. The van der Waals surface area contributed by atoms with Crippen molar-refractivity contribution in [2.24, 2.45) is 0 Å². The molecular weight excluding hydrogens is 1220 g/mol. The van der Waals surface area contributed by atoms with Crippen LogP contribution in [0.1, 0.15) is 431 Å². The molecule has 0 bridgehead atoms. The largest absolute Gasteiger partial charge is 0.394 e. The first-order valence-electron chi connectivity index (χ1n) is 42.8. The van der Waals surface area contributed by atoms with E-state index in [1.54, 1.807) is 0 Å². The van der Waals surface area contributed by atoms with Gasteiger partial charge in [-0.1, -0.05) is 412 Å². The van der Waals surface area contributed by atoms with Crippen LogP contribution in [0.4, 0.5) is 0 Å². The summed E-state index contributed by atoms with van der Waals surface area (Å²) in [5.74, 6) is -0.194. The summed E-state index contributed by atoms with van der Waals surface area (Å²) < 4.78 is 23.0. The molecule has 2 rings (SSSR count). The molecule has 2 fully saturated rings. The Kier molecular flexibility index (Phi) is 64.7.